The van der Waals surface area contributed by atoms with E-state index in [-0.39, 0.29) is 11.2 Å². The third-order valence-corrected chi connectivity index (χ3v) is 5.39. The summed E-state index contributed by atoms with van der Waals surface area (Å²) in [5.74, 6) is 0.539. The third kappa shape index (κ3) is 2.90. The molecule has 1 saturated carbocycles. The minimum atomic E-state index is -0.244. The van der Waals surface area contributed by atoms with Gasteiger partial charge in [0, 0.05) is 24.3 Å². The Hall–Kier alpha value is -0.120. The van der Waals surface area contributed by atoms with Crippen LogP contribution < -0.4 is 0 Å². The van der Waals surface area contributed by atoms with Crippen molar-refractivity contribution in [2.75, 3.05) is 26.3 Å². The summed E-state index contributed by atoms with van der Waals surface area (Å²) >= 11 is 0. The quantitative estimate of drug-likeness (QED) is 0.774. The molecule has 2 saturated heterocycles. The minimum Gasteiger partial charge on any atom is -0.349 e. The molecule has 3 rings (SSSR count). The lowest BCUT2D eigenvalue weighted by atomic mass is 9.74. The Morgan fingerprint density at radius 1 is 1.15 bits per heavy atom. The zero-order valence-corrected chi connectivity index (χ0v) is 13.5. The average Bonchev–Trinajstić information content (AvgIpc) is 2.43. The molecule has 0 N–H and O–H groups in total. The number of piperidine rings is 1. The van der Waals surface area contributed by atoms with Crippen molar-refractivity contribution in [3.05, 3.63) is 0 Å². The Bertz CT molecular complexity index is 330. The Kier molecular flexibility index (Phi) is 4.13. The molecule has 20 heavy (non-hydrogen) atoms. The largest absolute Gasteiger partial charge is 0.349 e. The van der Waals surface area contributed by atoms with Gasteiger partial charge < -0.3 is 14.4 Å². The van der Waals surface area contributed by atoms with Crippen LogP contribution in [0.15, 0.2) is 0 Å². The number of fused-ring (bicyclic) bond motifs is 1. The second-order valence-electron chi connectivity index (χ2n) is 7.90. The second kappa shape index (κ2) is 5.58. The number of hydrogen-bond donors (Lipinski definition) is 0. The van der Waals surface area contributed by atoms with E-state index >= 15 is 0 Å². The Morgan fingerprint density at radius 3 is 2.60 bits per heavy atom. The summed E-state index contributed by atoms with van der Waals surface area (Å²) in [6.45, 7) is 11.0. The van der Waals surface area contributed by atoms with Crippen molar-refractivity contribution in [1.29, 1.82) is 0 Å². The van der Waals surface area contributed by atoms with Gasteiger partial charge in [-0.1, -0.05) is 20.8 Å². The summed E-state index contributed by atoms with van der Waals surface area (Å²) in [7, 11) is 0. The second-order valence-corrected chi connectivity index (χ2v) is 7.90. The van der Waals surface area contributed by atoms with Crippen LogP contribution in [0, 0.1) is 11.3 Å². The smallest absolute Gasteiger partial charge is 0.168 e. The summed E-state index contributed by atoms with van der Waals surface area (Å²) in [5.41, 5.74) is 0.183. The lowest BCUT2D eigenvalue weighted by Gasteiger charge is -2.53. The Balaban J connectivity index is 1.64. The maximum atomic E-state index is 6.23. The number of ether oxygens (including phenoxy) is 2. The van der Waals surface area contributed by atoms with E-state index in [4.69, 9.17) is 9.47 Å². The molecule has 0 aromatic rings. The molecule has 2 aliphatic heterocycles. The number of nitrogens with zero attached hydrogens (tertiary/aromatic N) is 1. The van der Waals surface area contributed by atoms with Crippen molar-refractivity contribution in [3.8, 4) is 0 Å². The SMILES string of the molecule is CCCN1CCC[C@@H]2CC3(CC[C@H]21)OCC(C)(C)CO3. The highest BCUT2D eigenvalue weighted by Crippen LogP contribution is 2.45. The molecule has 0 amide bonds. The molecule has 0 unspecified atom stereocenters. The fourth-order valence-corrected chi connectivity index (χ4v) is 4.30. The van der Waals surface area contributed by atoms with Crippen molar-refractivity contribution in [3.63, 3.8) is 0 Å². The normalized spacial score (nSPS) is 36.8. The van der Waals surface area contributed by atoms with Crippen molar-refractivity contribution >= 4 is 0 Å². The van der Waals surface area contributed by atoms with Gasteiger partial charge in [-0.3, -0.25) is 0 Å². The molecule has 0 aromatic carbocycles. The molecule has 0 radical (unpaired) electrons. The van der Waals surface area contributed by atoms with E-state index in [0.29, 0.717) is 0 Å². The molecular formula is C17H31NO2. The molecule has 2 atom stereocenters. The fourth-order valence-electron chi connectivity index (χ4n) is 4.30. The van der Waals surface area contributed by atoms with E-state index < -0.39 is 0 Å². The van der Waals surface area contributed by atoms with E-state index in [1.54, 1.807) is 0 Å². The maximum Gasteiger partial charge on any atom is 0.168 e. The van der Waals surface area contributed by atoms with Crippen LogP contribution in [0.4, 0.5) is 0 Å². The standard InChI is InChI=1S/C17H31NO2/c1-4-9-18-10-5-6-14-11-17(8-7-15(14)18)19-12-16(2,3)13-20-17/h14-15H,4-13H2,1-3H3/t14-,15-/m1/s1. The zero-order chi connectivity index (χ0) is 14.2. The van der Waals surface area contributed by atoms with Crippen molar-refractivity contribution in [1.82, 2.24) is 4.90 Å². The van der Waals surface area contributed by atoms with E-state index in [1.807, 2.05) is 0 Å². The van der Waals surface area contributed by atoms with Gasteiger partial charge in [0.1, 0.15) is 0 Å². The third-order valence-electron chi connectivity index (χ3n) is 5.39. The molecule has 3 fully saturated rings. The van der Waals surface area contributed by atoms with Crippen molar-refractivity contribution < 1.29 is 9.47 Å². The van der Waals surface area contributed by atoms with Gasteiger partial charge in [-0.15, -0.1) is 0 Å². The molecule has 3 nitrogen and oxygen atoms in total. The summed E-state index contributed by atoms with van der Waals surface area (Å²) in [5, 5.41) is 0. The minimum absolute atomic E-state index is 0.183. The molecular weight excluding hydrogens is 250 g/mol. The molecule has 1 aliphatic carbocycles. The van der Waals surface area contributed by atoms with Crippen LogP contribution in [0.1, 0.15) is 59.3 Å². The first kappa shape index (κ1) is 14.8. The van der Waals surface area contributed by atoms with Crippen LogP contribution in [-0.4, -0.2) is 43.0 Å². The van der Waals surface area contributed by atoms with Gasteiger partial charge in [-0.25, -0.2) is 0 Å². The number of hydrogen-bond acceptors (Lipinski definition) is 3. The van der Waals surface area contributed by atoms with Crippen LogP contribution in [0.5, 0.6) is 0 Å². The monoisotopic (exact) mass is 281 g/mol. The van der Waals surface area contributed by atoms with Crippen LogP contribution in [0.2, 0.25) is 0 Å². The molecule has 1 spiro atoms. The van der Waals surface area contributed by atoms with Crippen LogP contribution in [0.3, 0.4) is 0 Å². The molecule has 0 bridgehead atoms. The maximum absolute atomic E-state index is 6.23. The van der Waals surface area contributed by atoms with Crippen molar-refractivity contribution in [2.45, 2.75) is 71.1 Å². The average molecular weight is 281 g/mol. The highest BCUT2D eigenvalue weighted by molar-refractivity contribution is 4.95. The van der Waals surface area contributed by atoms with Gasteiger partial charge in [0.2, 0.25) is 0 Å². The Labute approximate surface area is 124 Å². The highest BCUT2D eigenvalue weighted by atomic mass is 16.7. The van der Waals surface area contributed by atoms with Crippen LogP contribution in [0.25, 0.3) is 0 Å². The summed E-state index contributed by atoms with van der Waals surface area (Å²) in [6.07, 6.45) is 7.45. The summed E-state index contributed by atoms with van der Waals surface area (Å²) in [4.78, 5) is 2.73. The van der Waals surface area contributed by atoms with Crippen LogP contribution >= 0.6 is 0 Å². The number of likely N-dealkylation sites (tertiary alicyclic amines) is 1. The topological polar surface area (TPSA) is 21.7 Å². The van der Waals surface area contributed by atoms with Gasteiger partial charge in [0.15, 0.2) is 5.79 Å². The van der Waals surface area contributed by atoms with Gasteiger partial charge >= 0.3 is 0 Å². The van der Waals surface area contributed by atoms with Crippen molar-refractivity contribution in [2.24, 2.45) is 11.3 Å². The first-order chi connectivity index (χ1) is 9.54. The Morgan fingerprint density at radius 2 is 1.90 bits per heavy atom. The number of rotatable bonds is 2. The van der Waals surface area contributed by atoms with E-state index in [9.17, 15) is 0 Å². The molecule has 2 heterocycles. The molecule has 3 aliphatic rings. The summed E-state index contributed by atoms with van der Waals surface area (Å²) < 4.78 is 12.5. The highest BCUT2D eigenvalue weighted by Gasteiger charge is 2.48. The fraction of sp³-hybridized carbons (Fsp3) is 1.00. The van der Waals surface area contributed by atoms with Crippen LogP contribution in [-0.2, 0) is 9.47 Å². The summed E-state index contributed by atoms with van der Waals surface area (Å²) in [6, 6.07) is 0.788. The molecule has 3 heteroatoms. The predicted octanol–water partition coefficient (Wildman–Crippen LogP) is 3.43. The lowest BCUT2D eigenvalue weighted by Crippen LogP contribution is -2.56. The van der Waals surface area contributed by atoms with Gasteiger partial charge in [0.25, 0.3) is 0 Å². The van der Waals surface area contributed by atoms with E-state index in [0.717, 1.165) is 38.0 Å². The first-order valence-electron chi connectivity index (χ1n) is 8.56. The van der Waals surface area contributed by atoms with Gasteiger partial charge in [-0.05, 0) is 44.7 Å². The molecule has 116 valence electrons. The van der Waals surface area contributed by atoms with Gasteiger partial charge in [0.05, 0.1) is 13.2 Å². The first-order valence-corrected chi connectivity index (χ1v) is 8.56. The van der Waals surface area contributed by atoms with Gasteiger partial charge in [-0.2, -0.15) is 0 Å². The van der Waals surface area contributed by atoms with E-state index in [1.165, 1.54) is 38.8 Å². The molecule has 0 aromatic heterocycles. The predicted molar refractivity (Wildman–Crippen MR) is 80.6 cm³/mol. The lowest BCUT2D eigenvalue weighted by molar-refractivity contribution is -0.320. The van der Waals surface area contributed by atoms with E-state index in [2.05, 4.69) is 25.7 Å². The zero-order valence-electron chi connectivity index (χ0n) is 13.5.